The molecule has 1 N–H and O–H groups in total. The van der Waals surface area contributed by atoms with E-state index in [0.29, 0.717) is 30.4 Å². The Balaban J connectivity index is 2.01. The van der Waals surface area contributed by atoms with E-state index in [1.807, 2.05) is 13.8 Å². The van der Waals surface area contributed by atoms with Crippen LogP contribution in [-0.2, 0) is 18.3 Å². The Morgan fingerprint density at radius 2 is 2.00 bits per heavy atom. The summed E-state index contributed by atoms with van der Waals surface area (Å²) in [5.41, 5.74) is 3.89. The third-order valence-electron chi connectivity index (χ3n) is 3.55. The van der Waals surface area contributed by atoms with Gasteiger partial charge in [-0.2, -0.15) is 14.6 Å². The number of benzene rings is 1. The summed E-state index contributed by atoms with van der Waals surface area (Å²) in [5.74, 6) is 0.401. The SMILES string of the molecule is CCOc1ccc(CC(=O)N/N=C\c2c(C)nn(C)c2F)cc1OCC. The molecule has 1 amide bonds. The summed E-state index contributed by atoms with van der Waals surface area (Å²) in [5, 5.41) is 7.74. The van der Waals surface area contributed by atoms with Crippen molar-refractivity contribution < 1.29 is 18.7 Å². The molecule has 0 saturated carbocycles. The monoisotopic (exact) mass is 362 g/mol. The van der Waals surface area contributed by atoms with Crippen molar-refractivity contribution >= 4 is 12.1 Å². The average molecular weight is 362 g/mol. The van der Waals surface area contributed by atoms with Crippen molar-refractivity contribution in [2.45, 2.75) is 27.2 Å². The molecule has 140 valence electrons. The number of nitrogens with zero attached hydrogens (tertiary/aromatic N) is 3. The molecule has 8 heteroatoms. The van der Waals surface area contributed by atoms with Crippen molar-refractivity contribution in [1.29, 1.82) is 0 Å². The van der Waals surface area contributed by atoms with Crippen LogP contribution >= 0.6 is 0 Å². The highest BCUT2D eigenvalue weighted by atomic mass is 19.1. The molecule has 0 radical (unpaired) electrons. The zero-order valence-electron chi connectivity index (χ0n) is 15.4. The van der Waals surface area contributed by atoms with Crippen LogP contribution in [0.1, 0.15) is 30.7 Å². The summed E-state index contributed by atoms with van der Waals surface area (Å²) < 4.78 is 25.9. The maximum absolute atomic E-state index is 13.8. The first kappa shape index (κ1) is 19.4. The fourth-order valence-corrected chi connectivity index (χ4v) is 2.39. The number of hydrogen-bond donors (Lipinski definition) is 1. The van der Waals surface area contributed by atoms with Gasteiger partial charge in [-0.15, -0.1) is 0 Å². The van der Waals surface area contributed by atoms with E-state index in [1.54, 1.807) is 25.1 Å². The predicted octanol–water partition coefficient (Wildman–Crippen LogP) is 2.36. The minimum absolute atomic E-state index is 0.109. The molecule has 0 atom stereocenters. The van der Waals surface area contributed by atoms with Crippen molar-refractivity contribution in [3.05, 3.63) is 41.0 Å². The van der Waals surface area contributed by atoms with Crippen LogP contribution in [-0.4, -0.2) is 35.1 Å². The van der Waals surface area contributed by atoms with Gasteiger partial charge in [0.05, 0.1) is 37.1 Å². The lowest BCUT2D eigenvalue weighted by molar-refractivity contribution is -0.120. The summed E-state index contributed by atoms with van der Waals surface area (Å²) in [6.45, 7) is 6.46. The zero-order chi connectivity index (χ0) is 19.1. The lowest BCUT2D eigenvalue weighted by atomic mass is 10.1. The topological polar surface area (TPSA) is 77.7 Å². The van der Waals surface area contributed by atoms with E-state index in [1.165, 1.54) is 13.3 Å². The first-order chi connectivity index (χ1) is 12.5. The number of aryl methyl sites for hydroxylation is 2. The number of carbonyl (C=O) groups excluding carboxylic acids is 1. The van der Waals surface area contributed by atoms with Crippen LogP contribution in [0.15, 0.2) is 23.3 Å². The number of rotatable bonds is 8. The standard InChI is InChI=1S/C18H23FN4O3/c1-5-25-15-8-7-13(9-16(15)26-6-2)10-17(24)21-20-11-14-12(3)22-23(4)18(14)19/h7-9,11H,5-6,10H2,1-4H3,(H,21,24)/b20-11-. The number of nitrogens with one attached hydrogen (secondary N) is 1. The maximum Gasteiger partial charge on any atom is 0.244 e. The molecule has 0 aliphatic heterocycles. The molecule has 0 saturated heterocycles. The Labute approximate surface area is 151 Å². The van der Waals surface area contributed by atoms with Gasteiger partial charge in [0.2, 0.25) is 11.9 Å². The quantitative estimate of drug-likeness (QED) is 0.578. The van der Waals surface area contributed by atoms with Crippen LogP contribution < -0.4 is 14.9 Å². The van der Waals surface area contributed by atoms with Crippen LogP contribution in [0, 0.1) is 12.9 Å². The Morgan fingerprint density at radius 3 is 2.62 bits per heavy atom. The molecular weight excluding hydrogens is 339 g/mol. The fraction of sp³-hybridized carbons (Fsp3) is 0.389. The molecule has 2 rings (SSSR count). The van der Waals surface area contributed by atoms with Gasteiger partial charge in [0.1, 0.15) is 0 Å². The smallest absolute Gasteiger partial charge is 0.244 e. The Bertz CT molecular complexity index is 802. The lowest BCUT2D eigenvalue weighted by Gasteiger charge is -2.12. The number of hydrogen-bond acceptors (Lipinski definition) is 5. The molecule has 0 spiro atoms. The van der Waals surface area contributed by atoms with Gasteiger partial charge in [-0.1, -0.05) is 6.07 Å². The van der Waals surface area contributed by atoms with Crippen molar-refractivity contribution in [3.63, 3.8) is 0 Å². The van der Waals surface area contributed by atoms with Crippen LogP contribution in [0.3, 0.4) is 0 Å². The highest BCUT2D eigenvalue weighted by molar-refractivity contribution is 5.84. The highest BCUT2D eigenvalue weighted by Crippen LogP contribution is 2.28. The number of carbonyl (C=O) groups is 1. The van der Waals surface area contributed by atoms with Gasteiger partial charge in [-0.25, -0.2) is 10.1 Å². The molecule has 1 heterocycles. The summed E-state index contributed by atoms with van der Waals surface area (Å²) in [7, 11) is 1.50. The molecule has 0 fully saturated rings. The first-order valence-corrected chi connectivity index (χ1v) is 8.35. The van der Waals surface area contributed by atoms with Gasteiger partial charge >= 0.3 is 0 Å². The van der Waals surface area contributed by atoms with E-state index in [4.69, 9.17) is 9.47 Å². The van der Waals surface area contributed by atoms with Crippen molar-refractivity contribution in [1.82, 2.24) is 15.2 Å². The largest absolute Gasteiger partial charge is 0.490 e. The Hall–Kier alpha value is -2.90. The second kappa shape index (κ2) is 8.98. The van der Waals surface area contributed by atoms with Crippen LogP contribution in [0.25, 0.3) is 0 Å². The third kappa shape index (κ3) is 4.81. The summed E-state index contributed by atoms with van der Waals surface area (Å²) in [6, 6.07) is 5.33. The van der Waals surface area contributed by atoms with Gasteiger partial charge in [0.15, 0.2) is 11.5 Å². The number of ether oxygens (including phenoxy) is 2. The number of hydrazone groups is 1. The molecule has 26 heavy (non-hydrogen) atoms. The van der Waals surface area contributed by atoms with Crippen LogP contribution in [0.4, 0.5) is 4.39 Å². The van der Waals surface area contributed by atoms with Crippen molar-refractivity contribution in [3.8, 4) is 11.5 Å². The second-order valence-corrected chi connectivity index (χ2v) is 5.53. The maximum atomic E-state index is 13.8. The molecule has 1 aromatic heterocycles. The van der Waals surface area contributed by atoms with E-state index in [9.17, 15) is 9.18 Å². The molecular formula is C18H23FN4O3. The van der Waals surface area contributed by atoms with Gasteiger partial charge in [0.25, 0.3) is 0 Å². The van der Waals surface area contributed by atoms with Gasteiger partial charge < -0.3 is 9.47 Å². The van der Waals surface area contributed by atoms with E-state index >= 15 is 0 Å². The highest BCUT2D eigenvalue weighted by Gasteiger charge is 2.11. The van der Waals surface area contributed by atoms with E-state index in [-0.39, 0.29) is 17.9 Å². The minimum atomic E-state index is -0.506. The Morgan fingerprint density at radius 1 is 1.31 bits per heavy atom. The summed E-state index contributed by atoms with van der Waals surface area (Å²) >= 11 is 0. The minimum Gasteiger partial charge on any atom is -0.490 e. The first-order valence-electron chi connectivity index (χ1n) is 8.35. The fourth-order valence-electron chi connectivity index (χ4n) is 2.39. The van der Waals surface area contributed by atoms with Crippen LogP contribution in [0.2, 0.25) is 0 Å². The normalized spacial score (nSPS) is 11.0. The average Bonchev–Trinajstić information content (AvgIpc) is 2.83. The van der Waals surface area contributed by atoms with Gasteiger partial charge in [0, 0.05) is 7.05 Å². The summed E-state index contributed by atoms with van der Waals surface area (Å²) in [6.07, 6.45) is 1.36. The van der Waals surface area contributed by atoms with E-state index < -0.39 is 5.95 Å². The predicted molar refractivity (Wildman–Crippen MR) is 96.1 cm³/mol. The third-order valence-corrected chi connectivity index (χ3v) is 3.55. The van der Waals surface area contributed by atoms with Crippen molar-refractivity contribution in [2.75, 3.05) is 13.2 Å². The van der Waals surface area contributed by atoms with Crippen LogP contribution in [0.5, 0.6) is 11.5 Å². The molecule has 0 aliphatic carbocycles. The van der Waals surface area contributed by atoms with E-state index in [0.717, 1.165) is 10.2 Å². The van der Waals surface area contributed by atoms with E-state index in [2.05, 4.69) is 15.6 Å². The number of amides is 1. The molecule has 0 aliphatic rings. The summed E-state index contributed by atoms with van der Waals surface area (Å²) in [4.78, 5) is 12.0. The number of halogens is 1. The lowest BCUT2D eigenvalue weighted by Crippen LogP contribution is -2.20. The molecule has 2 aromatic rings. The van der Waals surface area contributed by atoms with Gasteiger partial charge in [-0.05, 0) is 38.5 Å². The van der Waals surface area contributed by atoms with Gasteiger partial charge in [-0.3, -0.25) is 4.79 Å². The Kier molecular flexibility index (Phi) is 6.71. The molecule has 7 nitrogen and oxygen atoms in total. The molecule has 1 aromatic carbocycles. The molecule has 0 bridgehead atoms. The molecule has 0 unspecified atom stereocenters. The second-order valence-electron chi connectivity index (χ2n) is 5.53. The number of aromatic nitrogens is 2. The zero-order valence-corrected chi connectivity index (χ0v) is 15.4. The van der Waals surface area contributed by atoms with Crippen molar-refractivity contribution in [2.24, 2.45) is 12.1 Å².